The predicted molar refractivity (Wildman–Crippen MR) is 119 cm³/mol. The molecule has 2 N–H and O–H groups in total. The lowest BCUT2D eigenvalue weighted by molar-refractivity contribution is 0.0957. The number of rotatable bonds is 7. The van der Waals surface area contributed by atoms with E-state index in [0.29, 0.717) is 29.6 Å². The van der Waals surface area contributed by atoms with Crippen molar-refractivity contribution in [2.24, 2.45) is 11.8 Å². The third kappa shape index (κ3) is 5.47. The van der Waals surface area contributed by atoms with Crippen molar-refractivity contribution >= 4 is 17.3 Å². The molecule has 2 heterocycles. The lowest BCUT2D eigenvalue weighted by Crippen LogP contribution is -2.37. The minimum atomic E-state index is -0.171. The van der Waals surface area contributed by atoms with E-state index in [-0.39, 0.29) is 5.91 Å². The van der Waals surface area contributed by atoms with Crippen LogP contribution in [0.3, 0.4) is 0 Å². The number of hydrogen-bond acceptors (Lipinski definition) is 4. The van der Waals surface area contributed by atoms with Crippen LogP contribution >= 0.6 is 0 Å². The van der Waals surface area contributed by atoms with E-state index in [9.17, 15) is 4.79 Å². The average molecular weight is 391 g/mol. The molecule has 2 aromatic rings. The summed E-state index contributed by atoms with van der Waals surface area (Å²) in [6, 6.07) is 11.6. The zero-order valence-corrected chi connectivity index (χ0v) is 17.3. The summed E-state index contributed by atoms with van der Waals surface area (Å²) >= 11 is 0. The Hall–Kier alpha value is -3.08. The van der Waals surface area contributed by atoms with Crippen LogP contribution in [0.15, 0.2) is 67.6 Å². The van der Waals surface area contributed by atoms with E-state index < -0.39 is 0 Å². The molecule has 0 spiro atoms. The first-order chi connectivity index (χ1) is 13.9. The van der Waals surface area contributed by atoms with Crippen LogP contribution in [0.25, 0.3) is 5.70 Å². The van der Waals surface area contributed by atoms with Crippen molar-refractivity contribution in [3.63, 3.8) is 0 Å². The molecule has 1 saturated heterocycles. The molecule has 1 aromatic heterocycles. The van der Waals surface area contributed by atoms with E-state index in [0.717, 1.165) is 30.0 Å². The quantitative estimate of drug-likeness (QED) is 0.736. The zero-order valence-electron chi connectivity index (χ0n) is 17.3. The van der Waals surface area contributed by atoms with Gasteiger partial charge in [-0.3, -0.25) is 9.78 Å². The Kier molecular flexibility index (Phi) is 6.70. The van der Waals surface area contributed by atoms with Crippen molar-refractivity contribution < 1.29 is 4.79 Å². The number of piperidine rings is 1. The third-order valence-corrected chi connectivity index (χ3v) is 5.19. The second-order valence-electron chi connectivity index (χ2n) is 8.00. The minimum absolute atomic E-state index is 0.171. The Morgan fingerprint density at radius 1 is 1.14 bits per heavy atom. The van der Waals surface area contributed by atoms with E-state index in [4.69, 9.17) is 0 Å². The van der Waals surface area contributed by atoms with Crippen molar-refractivity contribution in [1.82, 2.24) is 15.2 Å². The number of para-hydroxylation sites is 1. The van der Waals surface area contributed by atoms with Crippen molar-refractivity contribution in [3.05, 3.63) is 78.8 Å². The number of benzene rings is 1. The van der Waals surface area contributed by atoms with Gasteiger partial charge in [-0.1, -0.05) is 45.2 Å². The molecule has 1 fully saturated rings. The van der Waals surface area contributed by atoms with E-state index in [1.807, 2.05) is 18.2 Å². The van der Waals surface area contributed by atoms with Crippen molar-refractivity contribution in [2.45, 2.75) is 20.3 Å². The average Bonchev–Trinajstić information content (AvgIpc) is 2.72. The molecule has 2 atom stereocenters. The molecule has 5 nitrogen and oxygen atoms in total. The Morgan fingerprint density at radius 2 is 1.86 bits per heavy atom. The van der Waals surface area contributed by atoms with Gasteiger partial charge >= 0.3 is 0 Å². The molecular weight excluding hydrogens is 360 g/mol. The molecule has 0 saturated carbocycles. The fourth-order valence-electron chi connectivity index (χ4n) is 3.92. The molecule has 0 radical (unpaired) electrons. The summed E-state index contributed by atoms with van der Waals surface area (Å²) in [5.74, 6) is 1.15. The first-order valence-electron chi connectivity index (χ1n) is 10.1. The van der Waals surface area contributed by atoms with Crippen LogP contribution < -0.4 is 10.6 Å². The normalized spacial score (nSPS) is 18.8. The lowest BCUT2D eigenvalue weighted by Gasteiger charge is -2.38. The summed E-state index contributed by atoms with van der Waals surface area (Å²) in [6.45, 7) is 15.4. The van der Waals surface area contributed by atoms with Gasteiger partial charge in [0.1, 0.15) is 0 Å². The number of amides is 1. The van der Waals surface area contributed by atoms with E-state index in [2.05, 4.69) is 53.6 Å². The van der Waals surface area contributed by atoms with Gasteiger partial charge in [-0.05, 0) is 36.5 Å². The number of carbonyl (C=O) groups is 1. The van der Waals surface area contributed by atoms with Gasteiger partial charge in [-0.25, -0.2) is 0 Å². The molecule has 2 unspecified atom stereocenters. The summed E-state index contributed by atoms with van der Waals surface area (Å²) < 4.78 is 0. The second kappa shape index (κ2) is 9.41. The van der Waals surface area contributed by atoms with Gasteiger partial charge in [-0.2, -0.15) is 0 Å². The van der Waals surface area contributed by atoms with E-state index in [1.165, 1.54) is 6.42 Å². The number of nitrogens with zero attached hydrogens (tertiary/aromatic N) is 2. The van der Waals surface area contributed by atoms with Gasteiger partial charge in [0.05, 0.1) is 12.1 Å². The van der Waals surface area contributed by atoms with Crippen molar-refractivity contribution in [2.75, 3.05) is 25.0 Å². The Balaban J connectivity index is 1.63. The largest absolute Gasteiger partial charge is 0.371 e. The SMILES string of the molecule is C=C(CNC(=O)c1cccnc1)Nc1ccccc1C(=C)N1CC(C)CC(C)C1. The van der Waals surface area contributed by atoms with Crippen LogP contribution in [-0.2, 0) is 0 Å². The Bertz CT molecular complexity index is 867. The maximum Gasteiger partial charge on any atom is 0.253 e. The molecule has 152 valence electrons. The second-order valence-corrected chi connectivity index (χ2v) is 8.00. The number of carbonyl (C=O) groups excluding carboxylic acids is 1. The zero-order chi connectivity index (χ0) is 20.8. The Labute approximate surface area is 173 Å². The minimum Gasteiger partial charge on any atom is -0.371 e. The molecule has 1 aliphatic heterocycles. The number of anilines is 1. The molecular formula is C24H30N4O. The molecule has 0 aliphatic carbocycles. The number of hydrogen-bond donors (Lipinski definition) is 2. The summed E-state index contributed by atoms with van der Waals surface area (Å²) in [5, 5.41) is 6.22. The van der Waals surface area contributed by atoms with Gasteiger partial charge in [0.15, 0.2) is 0 Å². The maximum atomic E-state index is 12.2. The Morgan fingerprint density at radius 3 is 2.55 bits per heavy atom. The number of nitrogens with one attached hydrogen (secondary N) is 2. The van der Waals surface area contributed by atoms with Crippen LogP contribution in [-0.4, -0.2) is 35.4 Å². The van der Waals surface area contributed by atoms with Crippen molar-refractivity contribution in [1.29, 1.82) is 0 Å². The molecule has 1 aliphatic rings. The smallest absolute Gasteiger partial charge is 0.253 e. The van der Waals surface area contributed by atoms with Crippen molar-refractivity contribution in [3.8, 4) is 0 Å². The van der Waals surface area contributed by atoms with Gasteiger partial charge < -0.3 is 15.5 Å². The summed E-state index contributed by atoms with van der Waals surface area (Å²) in [4.78, 5) is 18.6. The lowest BCUT2D eigenvalue weighted by atomic mass is 9.91. The fourth-order valence-corrected chi connectivity index (χ4v) is 3.92. The monoisotopic (exact) mass is 390 g/mol. The number of likely N-dealkylation sites (tertiary alicyclic amines) is 1. The maximum absolute atomic E-state index is 12.2. The molecule has 5 heteroatoms. The highest BCUT2D eigenvalue weighted by molar-refractivity contribution is 5.94. The molecule has 1 amide bonds. The highest BCUT2D eigenvalue weighted by Crippen LogP contribution is 2.31. The topological polar surface area (TPSA) is 57.3 Å². The first kappa shape index (κ1) is 20.6. The van der Waals surface area contributed by atoms with Gasteiger partial charge in [0.2, 0.25) is 0 Å². The van der Waals surface area contributed by atoms with Gasteiger partial charge in [0, 0.05) is 48.1 Å². The number of aromatic nitrogens is 1. The molecule has 29 heavy (non-hydrogen) atoms. The van der Waals surface area contributed by atoms with Crippen LogP contribution in [0.2, 0.25) is 0 Å². The number of pyridine rings is 1. The van der Waals surface area contributed by atoms with Gasteiger partial charge in [0.25, 0.3) is 5.91 Å². The molecule has 3 rings (SSSR count). The van der Waals surface area contributed by atoms with E-state index >= 15 is 0 Å². The third-order valence-electron chi connectivity index (χ3n) is 5.19. The highest BCUT2D eigenvalue weighted by Gasteiger charge is 2.24. The first-order valence-corrected chi connectivity index (χ1v) is 10.1. The van der Waals surface area contributed by atoms with Crippen LogP contribution in [0.4, 0.5) is 5.69 Å². The predicted octanol–water partition coefficient (Wildman–Crippen LogP) is 4.39. The molecule has 1 aromatic carbocycles. The standard InChI is InChI=1S/C24H30N4O/c1-17-12-18(2)16-28(15-17)20(4)22-9-5-6-10-23(22)27-19(3)13-26-24(29)21-8-7-11-25-14-21/h5-11,14,17-18,27H,3-4,12-13,15-16H2,1-2H3,(H,26,29). The van der Waals surface area contributed by atoms with Crippen LogP contribution in [0.5, 0.6) is 0 Å². The van der Waals surface area contributed by atoms with E-state index in [1.54, 1.807) is 24.5 Å². The van der Waals surface area contributed by atoms with Gasteiger partial charge in [-0.15, -0.1) is 0 Å². The highest BCUT2D eigenvalue weighted by atomic mass is 16.1. The summed E-state index contributed by atoms with van der Waals surface area (Å²) in [7, 11) is 0. The van der Waals surface area contributed by atoms with Crippen LogP contribution in [0.1, 0.15) is 36.2 Å². The summed E-state index contributed by atoms with van der Waals surface area (Å²) in [5.41, 5.74) is 4.28. The molecule has 0 bridgehead atoms. The van der Waals surface area contributed by atoms with Crippen LogP contribution in [0, 0.1) is 11.8 Å². The fraction of sp³-hybridized carbons (Fsp3) is 0.333. The summed E-state index contributed by atoms with van der Waals surface area (Å²) in [6.07, 6.45) is 4.45.